The minimum absolute atomic E-state index is 0.0374. The van der Waals surface area contributed by atoms with E-state index in [1.54, 1.807) is 0 Å². The van der Waals surface area contributed by atoms with Crippen LogP contribution in [0.3, 0.4) is 0 Å². The van der Waals surface area contributed by atoms with Gasteiger partial charge in [0.25, 0.3) is 0 Å². The number of hydrogen-bond acceptors (Lipinski definition) is 7. The van der Waals surface area contributed by atoms with Crippen LogP contribution in [0.1, 0.15) is 69.7 Å². The maximum absolute atomic E-state index is 13.7. The number of methoxy groups -OCH3 is 1. The van der Waals surface area contributed by atoms with E-state index in [0.29, 0.717) is 12.6 Å². The fraction of sp³-hybridized carbons (Fsp3) is 0.400. The second kappa shape index (κ2) is 12.6. The Kier molecular flexibility index (Phi) is 8.16. The molecule has 2 saturated heterocycles. The van der Waals surface area contributed by atoms with Crippen molar-refractivity contribution < 1.29 is 14.3 Å². The van der Waals surface area contributed by atoms with Crippen molar-refractivity contribution in [1.82, 2.24) is 40.5 Å². The van der Waals surface area contributed by atoms with E-state index in [0.717, 1.165) is 88.3 Å². The highest BCUT2D eigenvalue weighted by Crippen LogP contribution is 2.34. The van der Waals surface area contributed by atoms with Crippen molar-refractivity contribution >= 4 is 33.9 Å². The molecule has 0 saturated carbocycles. The van der Waals surface area contributed by atoms with Gasteiger partial charge in [-0.15, -0.1) is 0 Å². The van der Waals surface area contributed by atoms with E-state index >= 15 is 0 Å². The third-order valence-electron chi connectivity index (χ3n) is 9.57. The standard InChI is InChI=1S/C35H40N8O3/c1-4-20(2)31(42-35(45)46-3)34(44)43-16-6-8-30(43)33-39-26-14-11-23(18-28(26)40-33)25-12-9-21-17-22(10-13-24(21)38-25)29-19-37-32(41-29)27-7-5-15-36-27/h9-14,17-20,27,30-31,36H,4-8,15-16H2,1-3H3,(H,37,41)(H,39,40)(H,42,45)/t20-,27-,30-,31-/m0/s1. The summed E-state index contributed by atoms with van der Waals surface area (Å²) < 4.78 is 4.80. The van der Waals surface area contributed by atoms with Crippen LogP contribution in [0.5, 0.6) is 0 Å². The van der Waals surface area contributed by atoms with E-state index in [4.69, 9.17) is 14.7 Å². The molecule has 0 bridgehead atoms. The van der Waals surface area contributed by atoms with Crippen LogP contribution >= 0.6 is 0 Å². The SMILES string of the molecule is CC[C@H](C)[C@H](NC(=O)OC)C(=O)N1CCC[C@H]1c1nc2ccc(-c3ccc4cc(-c5cnc([C@@H]6CCCN6)[nH]5)ccc4n3)cc2[nH]1. The molecule has 46 heavy (non-hydrogen) atoms. The predicted molar refractivity (Wildman–Crippen MR) is 177 cm³/mol. The van der Waals surface area contributed by atoms with Crippen molar-refractivity contribution in [3.05, 3.63) is 66.4 Å². The van der Waals surface area contributed by atoms with Crippen molar-refractivity contribution in [2.75, 3.05) is 20.2 Å². The summed E-state index contributed by atoms with van der Waals surface area (Å²) in [6, 6.07) is 16.0. The van der Waals surface area contributed by atoms with E-state index in [1.807, 2.05) is 43.1 Å². The lowest BCUT2D eigenvalue weighted by Crippen LogP contribution is -2.51. The first-order valence-corrected chi connectivity index (χ1v) is 16.3. The molecule has 5 aromatic rings. The van der Waals surface area contributed by atoms with Gasteiger partial charge in [0.2, 0.25) is 5.91 Å². The molecular formula is C35H40N8O3. The molecule has 11 heteroatoms. The maximum atomic E-state index is 13.7. The molecule has 2 aliphatic rings. The maximum Gasteiger partial charge on any atom is 0.407 e. The fourth-order valence-corrected chi connectivity index (χ4v) is 6.74. The third-order valence-corrected chi connectivity index (χ3v) is 9.57. The Labute approximate surface area is 267 Å². The molecule has 4 N–H and O–H groups in total. The number of imidazole rings is 2. The summed E-state index contributed by atoms with van der Waals surface area (Å²) >= 11 is 0. The van der Waals surface area contributed by atoms with E-state index in [1.165, 1.54) is 13.5 Å². The first kappa shape index (κ1) is 29.9. The average Bonchev–Trinajstić information content (AvgIpc) is 3.91. The van der Waals surface area contributed by atoms with Gasteiger partial charge in [-0.25, -0.2) is 19.7 Å². The molecule has 238 valence electrons. The van der Waals surface area contributed by atoms with Gasteiger partial charge in [0, 0.05) is 23.1 Å². The van der Waals surface area contributed by atoms with Gasteiger partial charge >= 0.3 is 6.09 Å². The topological polar surface area (TPSA) is 141 Å². The number of hydrogen-bond donors (Lipinski definition) is 4. The number of ether oxygens (including phenoxy) is 1. The first-order chi connectivity index (χ1) is 22.4. The number of likely N-dealkylation sites (tertiary alicyclic amines) is 1. The summed E-state index contributed by atoms with van der Waals surface area (Å²) in [5, 5.41) is 7.31. The minimum atomic E-state index is -0.657. The number of nitrogens with one attached hydrogen (secondary N) is 4. The second-order valence-corrected chi connectivity index (χ2v) is 12.5. The molecular weight excluding hydrogens is 580 g/mol. The fourth-order valence-electron chi connectivity index (χ4n) is 6.74. The van der Waals surface area contributed by atoms with Gasteiger partial charge < -0.3 is 30.2 Å². The van der Waals surface area contributed by atoms with Gasteiger partial charge in [-0.1, -0.05) is 38.5 Å². The van der Waals surface area contributed by atoms with Crippen LogP contribution in [0.4, 0.5) is 4.79 Å². The van der Waals surface area contributed by atoms with Gasteiger partial charge in [-0.3, -0.25) is 4.79 Å². The van der Waals surface area contributed by atoms with Crippen LogP contribution in [0.2, 0.25) is 0 Å². The van der Waals surface area contributed by atoms with Crippen LogP contribution < -0.4 is 10.6 Å². The number of aromatic nitrogens is 5. The Bertz CT molecular complexity index is 1890. The van der Waals surface area contributed by atoms with Gasteiger partial charge in [0.15, 0.2) is 0 Å². The normalized spacial score (nSPS) is 19.5. The highest BCUT2D eigenvalue weighted by molar-refractivity contribution is 5.88. The molecule has 2 aliphatic heterocycles. The molecule has 2 amide bonds. The average molecular weight is 621 g/mol. The van der Waals surface area contributed by atoms with Crippen molar-refractivity contribution in [1.29, 1.82) is 0 Å². The summed E-state index contributed by atoms with van der Waals surface area (Å²) in [7, 11) is 1.31. The summed E-state index contributed by atoms with van der Waals surface area (Å²) in [5.74, 6) is 1.61. The Morgan fingerprint density at radius 2 is 1.85 bits per heavy atom. The molecule has 5 heterocycles. The largest absolute Gasteiger partial charge is 0.453 e. The molecule has 4 atom stereocenters. The Morgan fingerprint density at radius 3 is 2.65 bits per heavy atom. The quantitative estimate of drug-likeness (QED) is 0.166. The number of nitrogens with zero attached hydrogens (tertiary/aromatic N) is 4. The minimum Gasteiger partial charge on any atom is -0.453 e. The van der Waals surface area contributed by atoms with Crippen LogP contribution in [0.25, 0.3) is 44.5 Å². The van der Waals surface area contributed by atoms with E-state index in [2.05, 4.69) is 55.9 Å². The Balaban J connectivity index is 1.11. The van der Waals surface area contributed by atoms with Crippen molar-refractivity contribution in [2.24, 2.45) is 5.92 Å². The van der Waals surface area contributed by atoms with E-state index in [9.17, 15) is 9.59 Å². The molecule has 0 aliphatic carbocycles. The zero-order valence-electron chi connectivity index (χ0n) is 26.5. The molecule has 7 rings (SSSR count). The number of pyridine rings is 1. The molecule has 0 spiro atoms. The van der Waals surface area contributed by atoms with Crippen molar-refractivity contribution in [3.8, 4) is 22.5 Å². The summed E-state index contributed by atoms with van der Waals surface area (Å²) in [6.07, 6.45) is 6.02. The van der Waals surface area contributed by atoms with Crippen LogP contribution in [0, 0.1) is 5.92 Å². The predicted octanol–water partition coefficient (Wildman–Crippen LogP) is 6.03. The molecule has 11 nitrogen and oxygen atoms in total. The van der Waals surface area contributed by atoms with Crippen molar-refractivity contribution in [2.45, 2.75) is 64.1 Å². The monoisotopic (exact) mass is 620 g/mol. The second-order valence-electron chi connectivity index (χ2n) is 12.5. The first-order valence-electron chi connectivity index (χ1n) is 16.3. The van der Waals surface area contributed by atoms with Gasteiger partial charge in [0.1, 0.15) is 17.7 Å². The molecule has 0 unspecified atom stereocenters. The summed E-state index contributed by atoms with van der Waals surface area (Å²) in [6.45, 7) is 5.63. The van der Waals surface area contributed by atoms with Gasteiger partial charge in [0.05, 0.1) is 53.3 Å². The lowest BCUT2D eigenvalue weighted by atomic mass is 9.97. The molecule has 0 radical (unpaired) electrons. The Morgan fingerprint density at radius 1 is 1.00 bits per heavy atom. The highest BCUT2D eigenvalue weighted by atomic mass is 16.5. The number of carbonyl (C=O) groups is 2. The number of rotatable bonds is 8. The highest BCUT2D eigenvalue weighted by Gasteiger charge is 2.38. The summed E-state index contributed by atoms with van der Waals surface area (Å²) in [5.41, 5.74) is 6.59. The van der Waals surface area contributed by atoms with Crippen LogP contribution in [0.15, 0.2) is 54.7 Å². The zero-order chi connectivity index (χ0) is 31.8. The zero-order valence-corrected chi connectivity index (χ0v) is 26.5. The van der Waals surface area contributed by atoms with Crippen LogP contribution in [-0.4, -0.2) is 68.1 Å². The lowest BCUT2D eigenvalue weighted by Gasteiger charge is -2.30. The van der Waals surface area contributed by atoms with Gasteiger partial charge in [-0.2, -0.15) is 0 Å². The third kappa shape index (κ3) is 5.71. The number of benzene rings is 2. The number of aromatic amines is 2. The molecule has 2 fully saturated rings. The van der Waals surface area contributed by atoms with E-state index in [-0.39, 0.29) is 17.9 Å². The number of fused-ring (bicyclic) bond motifs is 2. The van der Waals surface area contributed by atoms with Crippen molar-refractivity contribution in [3.63, 3.8) is 0 Å². The number of H-pyrrole nitrogens is 2. The smallest absolute Gasteiger partial charge is 0.407 e. The van der Waals surface area contributed by atoms with Gasteiger partial charge in [-0.05, 0) is 68.5 Å². The van der Waals surface area contributed by atoms with E-state index < -0.39 is 12.1 Å². The van der Waals surface area contributed by atoms with Crippen LogP contribution in [-0.2, 0) is 9.53 Å². The number of amides is 2. The summed E-state index contributed by atoms with van der Waals surface area (Å²) in [4.78, 5) is 49.1. The molecule has 3 aromatic heterocycles. The lowest BCUT2D eigenvalue weighted by molar-refractivity contribution is -0.135. The molecule has 2 aromatic carbocycles. The Hall–Kier alpha value is -4.77. The number of carbonyl (C=O) groups excluding carboxylic acids is 2. The number of alkyl carbamates (subject to hydrolysis) is 1.